The Morgan fingerprint density at radius 2 is 2.36 bits per heavy atom. The lowest BCUT2D eigenvalue weighted by molar-refractivity contribution is 0.0697. The first-order valence-corrected chi connectivity index (χ1v) is 4.76. The fourth-order valence-electron chi connectivity index (χ4n) is 1.27. The smallest absolute Gasteiger partial charge is 0.335 e. The van der Waals surface area contributed by atoms with Crippen LogP contribution in [0.25, 0.3) is 5.65 Å². The predicted molar refractivity (Wildman–Crippen MR) is 54.6 cm³/mol. The molecule has 0 spiro atoms. The third kappa shape index (κ3) is 1.29. The van der Waals surface area contributed by atoms with Gasteiger partial charge in [-0.2, -0.15) is 0 Å². The van der Waals surface area contributed by atoms with Crippen molar-refractivity contribution in [2.75, 3.05) is 0 Å². The van der Waals surface area contributed by atoms with E-state index in [1.165, 1.54) is 0 Å². The van der Waals surface area contributed by atoms with Gasteiger partial charge in [0.2, 0.25) is 0 Å². The lowest BCUT2D eigenvalue weighted by atomic mass is 10.3. The number of carboxylic acid groups (broad SMARTS) is 1. The van der Waals surface area contributed by atoms with E-state index in [1.807, 2.05) is 6.92 Å². The second-order valence-electron chi connectivity index (χ2n) is 2.94. The van der Waals surface area contributed by atoms with Crippen molar-refractivity contribution in [2.24, 2.45) is 0 Å². The number of hydrogen-bond donors (Lipinski definition) is 1. The fourth-order valence-corrected chi connectivity index (χ4v) is 1.65. The van der Waals surface area contributed by atoms with Crippen LogP contribution in [0, 0.1) is 6.92 Å². The monoisotopic (exact) mass is 254 g/mol. The van der Waals surface area contributed by atoms with Crippen LogP contribution in [0.5, 0.6) is 0 Å². The summed E-state index contributed by atoms with van der Waals surface area (Å²) >= 11 is 3.37. The highest BCUT2D eigenvalue weighted by atomic mass is 79.9. The molecule has 0 radical (unpaired) electrons. The molecular formula is C9H7BrN2O2. The van der Waals surface area contributed by atoms with Gasteiger partial charge in [0.15, 0.2) is 0 Å². The molecule has 2 aromatic heterocycles. The van der Waals surface area contributed by atoms with Gasteiger partial charge in [0.25, 0.3) is 0 Å². The van der Waals surface area contributed by atoms with Gasteiger partial charge in [-0.15, -0.1) is 0 Å². The summed E-state index contributed by atoms with van der Waals surface area (Å²) in [7, 11) is 0. The highest BCUT2D eigenvalue weighted by Gasteiger charge is 2.08. The van der Waals surface area contributed by atoms with E-state index < -0.39 is 5.97 Å². The number of aromatic nitrogens is 2. The largest absolute Gasteiger partial charge is 0.478 e. The van der Waals surface area contributed by atoms with Crippen LogP contribution in [-0.4, -0.2) is 20.5 Å². The number of imidazole rings is 1. The van der Waals surface area contributed by atoms with E-state index in [9.17, 15) is 4.79 Å². The molecule has 14 heavy (non-hydrogen) atoms. The van der Waals surface area contributed by atoms with Crippen molar-refractivity contribution < 1.29 is 9.90 Å². The summed E-state index contributed by atoms with van der Waals surface area (Å²) in [6.07, 6.45) is 1.68. The molecule has 1 N–H and O–H groups in total. The molecule has 0 atom stereocenters. The molecule has 4 nitrogen and oxygen atoms in total. The molecule has 0 aliphatic carbocycles. The minimum atomic E-state index is -0.940. The van der Waals surface area contributed by atoms with Crippen molar-refractivity contribution in [1.82, 2.24) is 9.38 Å². The molecule has 0 saturated carbocycles. The van der Waals surface area contributed by atoms with Gasteiger partial charge in [0, 0.05) is 6.20 Å². The topological polar surface area (TPSA) is 54.6 Å². The summed E-state index contributed by atoms with van der Waals surface area (Å²) < 4.78 is 2.64. The molecular weight excluding hydrogens is 248 g/mol. The second kappa shape index (κ2) is 3.09. The van der Waals surface area contributed by atoms with Crippen LogP contribution in [0.2, 0.25) is 0 Å². The number of hydrogen-bond acceptors (Lipinski definition) is 2. The summed E-state index contributed by atoms with van der Waals surface area (Å²) in [5, 5.41) is 8.77. The van der Waals surface area contributed by atoms with Crippen LogP contribution in [0.1, 0.15) is 16.1 Å². The van der Waals surface area contributed by atoms with Crippen LogP contribution >= 0.6 is 15.9 Å². The lowest BCUT2D eigenvalue weighted by Crippen LogP contribution is -1.97. The second-order valence-corrected chi connectivity index (χ2v) is 3.69. The molecule has 0 amide bonds. The Balaban J connectivity index is 2.73. The van der Waals surface area contributed by atoms with Crippen molar-refractivity contribution in [3.8, 4) is 0 Å². The molecule has 0 aliphatic rings. The van der Waals surface area contributed by atoms with E-state index in [0.29, 0.717) is 5.65 Å². The molecule has 0 saturated heterocycles. The Labute approximate surface area is 88.3 Å². The maximum Gasteiger partial charge on any atom is 0.335 e. The highest BCUT2D eigenvalue weighted by Crippen LogP contribution is 2.18. The first-order chi connectivity index (χ1) is 6.59. The number of rotatable bonds is 1. The molecule has 0 fully saturated rings. The zero-order valence-corrected chi connectivity index (χ0v) is 8.95. The van der Waals surface area contributed by atoms with Crippen molar-refractivity contribution in [3.63, 3.8) is 0 Å². The standard InChI is InChI=1S/C9H7BrN2O2/c1-5-8(10)12-3-2-6(9(13)14)4-7(12)11-5/h2-4H,1H3,(H,13,14). The number of aryl methyl sites for hydroxylation is 1. The van der Waals surface area contributed by atoms with E-state index in [2.05, 4.69) is 20.9 Å². The Morgan fingerprint density at radius 1 is 1.64 bits per heavy atom. The van der Waals surface area contributed by atoms with Gasteiger partial charge in [0.1, 0.15) is 10.3 Å². The van der Waals surface area contributed by atoms with Crippen LogP contribution in [-0.2, 0) is 0 Å². The maximum absolute atomic E-state index is 10.7. The summed E-state index contributed by atoms with van der Waals surface area (Å²) in [6.45, 7) is 1.86. The Kier molecular flexibility index (Phi) is 2.03. The van der Waals surface area contributed by atoms with Gasteiger partial charge >= 0.3 is 5.97 Å². The third-order valence-corrected chi connectivity index (χ3v) is 2.93. The molecule has 5 heteroatoms. The highest BCUT2D eigenvalue weighted by molar-refractivity contribution is 9.10. The van der Waals surface area contributed by atoms with Crippen molar-refractivity contribution >= 4 is 27.5 Å². The number of halogens is 1. The molecule has 0 unspecified atom stereocenters. The number of pyridine rings is 1. The number of carboxylic acids is 1. The van der Waals surface area contributed by atoms with E-state index in [-0.39, 0.29) is 5.56 Å². The summed E-state index contributed by atoms with van der Waals surface area (Å²) in [6, 6.07) is 3.08. The maximum atomic E-state index is 10.7. The van der Waals surface area contributed by atoms with Gasteiger partial charge in [-0.05, 0) is 35.0 Å². The number of nitrogens with zero attached hydrogens (tertiary/aromatic N) is 2. The number of carbonyl (C=O) groups is 1. The van der Waals surface area contributed by atoms with Gasteiger partial charge in [0.05, 0.1) is 11.3 Å². The third-order valence-electron chi connectivity index (χ3n) is 1.97. The van der Waals surface area contributed by atoms with Crippen LogP contribution in [0.3, 0.4) is 0 Å². The minimum absolute atomic E-state index is 0.245. The predicted octanol–water partition coefficient (Wildman–Crippen LogP) is 2.10. The van der Waals surface area contributed by atoms with Gasteiger partial charge in [-0.1, -0.05) is 0 Å². The number of aromatic carboxylic acids is 1. The van der Waals surface area contributed by atoms with E-state index in [1.54, 1.807) is 22.7 Å². The molecule has 0 aromatic carbocycles. The summed E-state index contributed by atoms with van der Waals surface area (Å²) in [5.41, 5.74) is 1.72. The first-order valence-electron chi connectivity index (χ1n) is 3.97. The zero-order chi connectivity index (χ0) is 10.3. The van der Waals surface area contributed by atoms with Crippen molar-refractivity contribution in [1.29, 1.82) is 0 Å². The molecule has 0 aliphatic heterocycles. The van der Waals surface area contributed by atoms with Crippen LogP contribution in [0.15, 0.2) is 22.9 Å². The first kappa shape index (κ1) is 9.21. The van der Waals surface area contributed by atoms with E-state index in [0.717, 1.165) is 10.3 Å². The van der Waals surface area contributed by atoms with Crippen LogP contribution < -0.4 is 0 Å². The summed E-state index contributed by atoms with van der Waals surface area (Å²) in [4.78, 5) is 14.9. The van der Waals surface area contributed by atoms with Gasteiger partial charge in [-0.3, -0.25) is 4.40 Å². The lowest BCUT2D eigenvalue weighted by Gasteiger charge is -1.96. The average Bonchev–Trinajstić information content (AvgIpc) is 2.42. The molecule has 2 rings (SSSR count). The van der Waals surface area contributed by atoms with Gasteiger partial charge < -0.3 is 5.11 Å². The van der Waals surface area contributed by atoms with Crippen molar-refractivity contribution in [2.45, 2.75) is 6.92 Å². The van der Waals surface area contributed by atoms with E-state index >= 15 is 0 Å². The van der Waals surface area contributed by atoms with E-state index in [4.69, 9.17) is 5.11 Å². The molecule has 72 valence electrons. The fraction of sp³-hybridized carbons (Fsp3) is 0.111. The Morgan fingerprint density at radius 3 is 3.00 bits per heavy atom. The molecule has 0 bridgehead atoms. The number of fused-ring (bicyclic) bond motifs is 1. The Bertz CT molecular complexity index is 519. The SMILES string of the molecule is Cc1nc2cc(C(=O)O)ccn2c1Br. The summed E-state index contributed by atoms with van der Waals surface area (Å²) in [5.74, 6) is -0.940. The van der Waals surface area contributed by atoms with Crippen molar-refractivity contribution in [3.05, 3.63) is 34.2 Å². The normalized spacial score (nSPS) is 10.7. The molecule has 2 aromatic rings. The average molecular weight is 255 g/mol. The van der Waals surface area contributed by atoms with Crippen LogP contribution in [0.4, 0.5) is 0 Å². The van der Waals surface area contributed by atoms with Gasteiger partial charge in [-0.25, -0.2) is 9.78 Å². The molecule has 2 heterocycles. The quantitative estimate of drug-likeness (QED) is 0.848. The minimum Gasteiger partial charge on any atom is -0.478 e. The zero-order valence-electron chi connectivity index (χ0n) is 7.36. The Hall–Kier alpha value is -1.36.